The Morgan fingerprint density at radius 2 is 2.12 bits per heavy atom. The van der Waals surface area contributed by atoms with Crippen molar-refractivity contribution in [1.29, 1.82) is 0 Å². The van der Waals surface area contributed by atoms with Crippen LogP contribution in [0.25, 0.3) is 0 Å². The summed E-state index contributed by atoms with van der Waals surface area (Å²) in [5.74, 6) is -0.780. The van der Waals surface area contributed by atoms with E-state index in [4.69, 9.17) is 9.47 Å². The predicted octanol–water partition coefficient (Wildman–Crippen LogP) is 2.60. The van der Waals surface area contributed by atoms with Gasteiger partial charge >= 0.3 is 6.03 Å². The van der Waals surface area contributed by atoms with Gasteiger partial charge in [-0.1, -0.05) is 0 Å². The monoisotopic (exact) mass is 340 g/mol. The Hall–Kier alpha value is -1.89. The topological polar surface area (TPSA) is 59.6 Å². The van der Waals surface area contributed by atoms with Crippen molar-refractivity contribution < 1.29 is 23.0 Å². The van der Waals surface area contributed by atoms with Crippen molar-refractivity contribution in [2.75, 3.05) is 19.8 Å². The standard InChI is InChI=1S/C17H22F2N2O3/c18-12-3-4-15(14(19)9-12)24-8-6-20-17(22)21-13-5-7-23-16(10-13)11-1-2-11/h3-4,9,11,13,16H,1-2,5-8,10H2,(H2,20,21,22)/t13-,16+/m1/s1. The van der Waals surface area contributed by atoms with Crippen LogP contribution in [-0.2, 0) is 4.74 Å². The van der Waals surface area contributed by atoms with Crippen molar-refractivity contribution in [2.45, 2.75) is 37.8 Å². The summed E-state index contributed by atoms with van der Waals surface area (Å²) < 4.78 is 37.1. The number of rotatable bonds is 6. The SMILES string of the molecule is O=C(NCCOc1ccc(F)cc1F)N[C@@H]1CCO[C@H](C2CC2)C1. The third-order valence-corrected chi connectivity index (χ3v) is 4.34. The molecule has 1 aromatic rings. The van der Waals surface area contributed by atoms with Crippen molar-refractivity contribution in [3.63, 3.8) is 0 Å². The normalized spacial score (nSPS) is 23.6. The van der Waals surface area contributed by atoms with Crippen LogP contribution in [-0.4, -0.2) is 37.9 Å². The van der Waals surface area contributed by atoms with Gasteiger partial charge in [0, 0.05) is 18.7 Å². The zero-order valence-electron chi connectivity index (χ0n) is 13.4. The molecule has 1 aliphatic heterocycles. The lowest BCUT2D eigenvalue weighted by Crippen LogP contribution is -2.47. The highest BCUT2D eigenvalue weighted by atomic mass is 19.1. The summed E-state index contributed by atoms with van der Waals surface area (Å²) in [4.78, 5) is 11.9. The average molecular weight is 340 g/mol. The van der Waals surface area contributed by atoms with Crippen LogP contribution in [0.15, 0.2) is 18.2 Å². The number of hydrogen-bond acceptors (Lipinski definition) is 3. The Kier molecular flexibility index (Phi) is 5.50. The number of carbonyl (C=O) groups excluding carboxylic acids is 1. The van der Waals surface area contributed by atoms with Gasteiger partial charge in [-0.15, -0.1) is 0 Å². The molecule has 1 aliphatic carbocycles. The van der Waals surface area contributed by atoms with Gasteiger partial charge in [-0.3, -0.25) is 0 Å². The van der Waals surface area contributed by atoms with Gasteiger partial charge in [-0.2, -0.15) is 0 Å². The first kappa shape index (κ1) is 17.0. The number of carbonyl (C=O) groups is 1. The minimum absolute atomic E-state index is 0.0321. The molecule has 24 heavy (non-hydrogen) atoms. The zero-order valence-corrected chi connectivity index (χ0v) is 13.4. The lowest BCUT2D eigenvalue weighted by Gasteiger charge is -2.30. The Morgan fingerprint density at radius 3 is 2.88 bits per heavy atom. The Bertz CT molecular complexity index is 581. The molecule has 0 aromatic heterocycles. The van der Waals surface area contributed by atoms with Gasteiger partial charge in [0.2, 0.25) is 0 Å². The maximum Gasteiger partial charge on any atom is 0.315 e. The highest BCUT2D eigenvalue weighted by Gasteiger charge is 2.36. The van der Waals surface area contributed by atoms with Gasteiger partial charge in [0.1, 0.15) is 12.4 Å². The number of hydrogen-bond donors (Lipinski definition) is 2. The van der Waals surface area contributed by atoms with E-state index < -0.39 is 11.6 Å². The van der Waals surface area contributed by atoms with Gasteiger partial charge in [-0.25, -0.2) is 13.6 Å². The summed E-state index contributed by atoms with van der Waals surface area (Å²) >= 11 is 0. The Balaban J connectivity index is 1.33. The minimum atomic E-state index is -0.757. The summed E-state index contributed by atoms with van der Waals surface area (Å²) in [6, 6.07) is 2.97. The molecular weight excluding hydrogens is 318 g/mol. The number of nitrogens with one attached hydrogen (secondary N) is 2. The fraction of sp³-hybridized carbons (Fsp3) is 0.588. The second-order valence-corrected chi connectivity index (χ2v) is 6.29. The Labute approximate surface area is 139 Å². The summed E-state index contributed by atoms with van der Waals surface area (Å²) in [5.41, 5.74) is 0. The number of benzene rings is 1. The van der Waals surface area contributed by atoms with E-state index in [0.717, 1.165) is 25.0 Å². The van der Waals surface area contributed by atoms with Crippen molar-refractivity contribution in [3.8, 4) is 5.75 Å². The lowest BCUT2D eigenvalue weighted by atomic mass is 10.0. The van der Waals surface area contributed by atoms with E-state index in [1.807, 2.05) is 0 Å². The van der Waals surface area contributed by atoms with Crippen LogP contribution in [0.3, 0.4) is 0 Å². The molecule has 1 saturated heterocycles. The molecule has 2 atom stereocenters. The first-order valence-electron chi connectivity index (χ1n) is 8.35. The summed E-state index contributed by atoms with van der Waals surface area (Å²) in [7, 11) is 0. The van der Waals surface area contributed by atoms with Crippen LogP contribution in [0.5, 0.6) is 5.75 Å². The second kappa shape index (κ2) is 7.79. The largest absolute Gasteiger partial charge is 0.489 e. The van der Waals surface area contributed by atoms with Crippen LogP contribution in [0.1, 0.15) is 25.7 Å². The molecule has 2 N–H and O–H groups in total. The molecule has 0 unspecified atom stereocenters. The summed E-state index contributed by atoms with van der Waals surface area (Å²) in [5, 5.41) is 5.62. The van der Waals surface area contributed by atoms with E-state index >= 15 is 0 Å². The number of amides is 2. The summed E-state index contributed by atoms with van der Waals surface area (Å²) in [6.45, 7) is 1.02. The minimum Gasteiger partial charge on any atom is -0.489 e. The van der Waals surface area contributed by atoms with Gasteiger partial charge < -0.3 is 20.1 Å². The molecule has 0 bridgehead atoms. The van der Waals surface area contributed by atoms with E-state index in [1.54, 1.807) is 0 Å². The molecule has 1 aromatic carbocycles. The van der Waals surface area contributed by atoms with Crippen molar-refractivity contribution in [2.24, 2.45) is 5.92 Å². The smallest absolute Gasteiger partial charge is 0.315 e. The zero-order chi connectivity index (χ0) is 16.9. The molecule has 2 amide bonds. The van der Waals surface area contributed by atoms with E-state index in [9.17, 15) is 13.6 Å². The molecule has 1 heterocycles. The molecule has 0 radical (unpaired) electrons. The highest BCUT2D eigenvalue weighted by Crippen LogP contribution is 2.38. The molecule has 132 valence electrons. The molecule has 5 nitrogen and oxygen atoms in total. The van der Waals surface area contributed by atoms with Gasteiger partial charge in [-0.05, 0) is 43.7 Å². The van der Waals surface area contributed by atoms with Gasteiger partial charge in [0.25, 0.3) is 0 Å². The summed E-state index contributed by atoms with van der Waals surface area (Å²) in [6.07, 6.45) is 4.39. The lowest BCUT2D eigenvalue weighted by molar-refractivity contribution is -0.00914. The second-order valence-electron chi connectivity index (χ2n) is 6.29. The van der Waals surface area contributed by atoms with Crippen LogP contribution < -0.4 is 15.4 Å². The highest BCUT2D eigenvalue weighted by molar-refractivity contribution is 5.74. The van der Waals surface area contributed by atoms with E-state index in [2.05, 4.69) is 10.6 Å². The predicted molar refractivity (Wildman–Crippen MR) is 83.9 cm³/mol. The first-order valence-corrected chi connectivity index (χ1v) is 8.35. The van der Waals surface area contributed by atoms with Gasteiger partial charge in [0.05, 0.1) is 12.6 Å². The molecule has 2 fully saturated rings. The fourth-order valence-corrected chi connectivity index (χ4v) is 2.91. The van der Waals surface area contributed by atoms with Crippen LogP contribution in [0, 0.1) is 17.6 Å². The van der Waals surface area contributed by atoms with E-state index in [1.165, 1.54) is 18.9 Å². The number of ether oxygens (including phenoxy) is 2. The molecule has 2 aliphatic rings. The van der Waals surface area contributed by atoms with Crippen LogP contribution >= 0.6 is 0 Å². The Morgan fingerprint density at radius 1 is 1.29 bits per heavy atom. The molecule has 7 heteroatoms. The molecule has 3 rings (SSSR count). The van der Waals surface area contributed by atoms with E-state index in [0.29, 0.717) is 12.5 Å². The maximum atomic E-state index is 13.4. The maximum absolute atomic E-state index is 13.4. The number of urea groups is 1. The van der Waals surface area contributed by atoms with Crippen LogP contribution in [0.4, 0.5) is 13.6 Å². The fourth-order valence-electron chi connectivity index (χ4n) is 2.91. The van der Waals surface area contributed by atoms with Crippen molar-refractivity contribution in [3.05, 3.63) is 29.8 Å². The van der Waals surface area contributed by atoms with Crippen molar-refractivity contribution in [1.82, 2.24) is 10.6 Å². The third-order valence-electron chi connectivity index (χ3n) is 4.34. The number of halogens is 2. The van der Waals surface area contributed by atoms with Crippen LogP contribution in [0.2, 0.25) is 0 Å². The van der Waals surface area contributed by atoms with Gasteiger partial charge in [0.15, 0.2) is 11.6 Å². The molecular formula is C17H22F2N2O3. The van der Waals surface area contributed by atoms with Crippen molar-refractivity contribution >= 4 is 6.03 Å². The quantitative estimate of drug-likeness (QED) is 0.783. The molecule has 1 saturated carbocycles. The first-order chi connectivity index (χ1) is 11.6. The molecule has 0 spiro atoms. The average Bonchev–Trinajstić information content (AvgIpc) is 3.38. The third kappa shape index (κ3) is 4.80. The van der Waals surface area contributed by atoms with E-state index in [-0.39, 0.29) is 37.1 Å².